The number of hydrogen-bond donors (Lipinski definition) is 1. The molecule has 84 valence electrons. The van der Waals surface area contributed by atoms with Crippen molar-refractivity contribution in [2.24, 2.45) is 0 Å². The fourth-order valence-electron chi connectivity index (χ4n) is 1.06. The molecule has 0 spiro atoms. The van der Waals surface area contributed by atoms with Crippen LogP contribution >= 0.6 is 12.4 Å². The van der Waals surface area contributed by atoms with Gasteiger partial charge < -0.3 is 4.74 Å². The van der Waals surface area contributed by atoms with Crippen molar-refractivity contribution >= 4 is 18.3 Å². The van der Waals surface area contributed by atoms with Crippen LogP contribution in [0.1, 0.15) is 12.5 Å². The topological polar surface area (TPSA) is 33.1 Å². The lowest BCUT2D eigenvalue weighted by molar-refractivity contribution is 0.317. The third-order valence-electron chi connectivity index (χ3n) is 1.67. The lowest BCUT2D eigenvalue weighted by Crippen LogP contribution is -2.06. The molecule has 0 amide bonds. The van der Waals surface area contributed by atoms with Crippen LogP contribution in [-0.4, -0.2) is 12.5 Å². The lowest BCUT2D eigenvalue weighted by Gasteiger charge is -2.04. The molecule has 0 atom stereocenters. The van der Waals surface area contributed by atoms with E-state index >= 15 is 0 Å². The first-order chi connectivity index (χ1) is 6.63. The molecular weight excluding hydrogens is 224 g/mol. The summed E-state index contributed by atoms with van der Waals surface area (Å²) in [4.78, 5) is 0. The van der Waals surface area contributed by atoms with Crippen molar-refractivity contribution in [2.75, 3.05) is 6.61 Å². The number of rotatable bonds is 3. The van der Waals surface area contributed by atoms with E-state index in [0.29, 0.717) is 12.2 Å². The molecule has 2 nitrogen and oxygen atoms in total. The zero-order valence-electron chi connectivity index (χ0n) is 8.22. The molecule has 1 aromatic rings. The van der Waals surface area contributed by atoms with Crippen molar-refractivity contribution in [1.82, 2.24) is 0 Å². The number of ether oxygens (including phenoxy) is 1. The van der Waals surface area contributed by atoms with Crippen molar-refractivity contribution in [1.29, 1.82) is 5.41 Å². The van der Waals surface area contributed by atoms with E-state index in [1.54, 1.807) is 6.92 Å². The van der Waals surface area contributed by atoms with Crippen LogP contribution in [0.25, 0.3) is 0 Å². The average molecular weight is 236 g/mol. The molecule has 0 fully saturated rings. The average Bonchev–Trinajstić information content (AvgIpc) is 2.12. The SMILES string of the molecule is CCOC(=N)Cc1ccc(F)c(F)c1.Cl. The highest BCUT2D eigenvalue weighted by atomic mass is 35.5. The van der Waals surface area contributed by atoms with Gasteiger partial charge in [0.2, 0.25) is 0 Å². The summed E-state index contributed by atoms with van der Waals surface area (Å²) in [7, 11) is 0. The number of benzene rings is 1. The van der Waals surface area contributed by atoms with Gasteiger partial charge in [0.25, 0.3) is 0 Å². The Morgan fingerprint density at radius 2 is 2.00 bits per heavy atom. The summed E-state index contributed by atoms with van der Waals surface area (Å²) in [6, 6.07) is 3.55. The van der Waals surface area contributed by atoms with Gasteiger partial charge in [-0.25, -0.2) is 8.78 Å². The Morgan fingerprint density at radius 3 is 2.53 bits per heavy atom. The molecule has 0 heterocycles. The van der Waals surface area contributed by atoms with E-state index in [-0.39, 0.29) is 24.7 Å². The third kappa shape index (κ3) is 4.25. The van der Waals surface area contributed by atoms with Gasteiger partial charge in [0, 0.05) is 6.42 Å². The standard InChI is InChI=1S/C10H11F2NO.ClH/c1-2-14-10(13)6-7-3-4-8(11)9(12)5-7;/h3-5,13H,2,6H2,1H3;1H. The highest BCUT2D eigenvalue weighted by Gasteiger charge is 2.04. The second-order valence-electron chi connectivity index (χ2n) is 2.78. The number of halogens is 3. The zero-order chi connectivity index (χ0) is 10.6. The van der Waals surface area contributed by atoms with Gasteiger partial charge in [-0.05, 0) is 24.6 Å². The van der Waals surface area contributed by atoms with E-state index in [9.17, 15) is 8.78 Å². The van der Waals surface area contributed by atoms with E-state index in [4.69, 9.17) is 10.1 Å². The maximum absolute atomic E-state index is 12.7. The van der Waals surface area contributed by atoms with Crippen molar-refractivity contribution in [3.8, 4) is 0 Å². The molecule has 15 heavy (non-hydrogen) atoms. The monoisotopic (exact) mass is 235 g/mol. The van der Waals surface area contributed by atoms with Gasteiger partial charge in [0.05, 0.1) is 6.61 Å². The van der Waals surface area contributed by atoms with Crippen molar-refractivity contribution in [3.63, 3.8) is 0 Å². The van der Waals surface area contributed by atoms with Crippen LogP contribution in [0.15, 0.2) is 18.2 Å². The molecule has 0 aromatic heterocycles. The molecule has 1 N–H and O–H groups in total. The van der Waals surface area contributed by atoms with Gasteiger partial charge in [-0.15, -0.1) is 12.4 Å². The summed E-state index contributed by atoms with van der Waals surface area (Å²) in [6.07, 6.45) is 0.186. The fourth-order valence-corrected chi connectivity index (χ4v) is 1.06. The molecule has 0 saturated heterocycles. The molecule has 0 bridgehead atoms. The Labute approximate surface area is 93.2 Å². The lowest BCUT2D eigenvalue weighted by atomic mass is 10.1. The first kappa shape index (κ1) is 13.8. The Balaban J connectivity index is 0.00000196. The summed E-state index contributed by atoms with van der Waals surface area (Å²) in [5, 5.41) is 7.31. The van der Waals surface area contributed by atoms with Crippen LogP contribution in [0, 0.1) is 17.0 Å². The molecule has 0 saturated carbocycles. The number of nitrogens with one attached hydrogen (secondary N) is 1. The second kappa shape index (κ2) is 6.35. The van der Waals surface area contributed by atoms with E-state index in [1.165, 1.54) is 6.07 Å². The van der Waals surface area contributed by atoms with Gasteiger partial charge in [0.1, 0.15) is 0 Å². The quantitative estimate of drug-likeness (QED) is 0.634. The predicted octanol–water partition coefficient (Wildman–Crippen LogP) is 2.94. The number of hydrogen-bond acceptors (Lipinski definition) is 2. The molecule has 0 radical (unpaired) electrons. The molecule has 0 aliphatic heterocycles. The summed E-state index contributed by atoms with van der Waals surface area (Å²) < 4.78 is 30.1. The van der Waals surface area contributed by atoms with Crippen LogP contribution in [-0.2, 0) is 11.2 Å². The minimum atomic E-state index is -0.896. The highest BCUT2D eigenvalue weighted by Crippen LogP contribution is 2.09. The van der Waals surface area contributed by atoms with Crippen LogP contribution in [0.3, 0.4) is 0 Å². The minimum absolute atomic E-state index is 0. The van der Waals surface area contributed by atoms with Crippen LogP contribution in [0.4, 0.5) is 8.78 Å². The largest absolute Gasteiger partial charge is 0.481 e. The molecule has 0 aliphatic carbocycles. The maximum Gasteiger partial charge on any atom is 0.184 e. The third-order valence-corrected chi connectivity index (χ3v) is 1.67. The maximum atomic E-state index is 12.7. The van der Waals surface area contributed by atoms with Crippen LogP contribution in [0.5, 0.6) is 0 Å². The highest BCUT2D eigenvalue weighted by molar-refractivity contribution is 5.85. The molecule has 0 aliphatic rings. The first-order valence-electron chi connectivity index (χ1n) is 4.27. The Bertz CT molecular complexity index is 344. The van der Waals surface area contributed by atoms with Gasteiger partial charge in [-0.1, -0.05) is 6.07 Å². The second-order valence-corrected chi connectivity index (χ2v) is 2.78. The molecule has 5 heteroatoms. The van der Waals surface area contributed by atoms with Gasteiger partial charge in [0.15, 0.2) is 17.5 Å². The minimum Gasteiger partial charge on any atom is -0.481 e. The Morgan fingerprint density at radius 1 is 1.33 bits per heavy atom. The van der Waals surface area contributed by atoms with Crippen LogP contribution in [0.2, 0.25) is 0 Å². The van der Waals surface area contributed by atoms with Crippen molar-refractivity contribution in [3.05, 3.63) is 35.4 Å². The van der Waals surface area contributed by atoms with Crippen molar-refractivity contribution in [2.45, 2.75) is 13.3 Å². The summed E-state index contributed by atoms with van der Waals surface area (Å²) in [5.41, 5.74) is 0.530. The zero-order valence-corrected chi connectivity index (χ0v) is 9.04. The molecule has 1 aromatic carbocycles. The van der Waals surface area contributed by atoms with E-state index in [1.807, 2.05) is 0 Å². The van der Waals surface area contributed by atoms with Gasteiger partial charge in [-0.3, -0.25) is 5.41 Å². The van der Waals surface area contributed by atoms with Crippen LogP contribution < -0.4 is 0 Å². The smallest absolute Gasteiger partial charge is 0.184 e. The van der Waals surface area contributed by atoms with Gasteiger partial charge in [-0.2, -0.15) is 0 Å². The van der Waals surface area contributed by atoms with Gasteiger partial charge >= 0.3 is 0 Å². The normalized spacial score (nSPS) is 9.27. The molecule has 1 rings (SSSR count). The summed E-state index contributed by atoms with van der Waals surface area (Å²) >= 11 is 0. The van der Waals surface area contributed by atoms with E-state index in [2.05, 4.69) is 0 Å². The fraction of sp³-hybridized carbons (Fsp3) is 0.300. The predicted molar refractivity (Wildman–Crippen MR) is 56.7 cm³/mol. The molecule has 0 unspecified atom stereocenters. The Kier molecular flexibility index (Phi) is 5.86. The van der Waals surface area contributed by atoms with E-state index < -0.39 is 11.6 Å². The van der Waals surface area contributed by atoms with Crippen molar-refractivity contribution < 1.29 is 13.5 Å². The van der Waals surface area contributed by atoms with E-state index in [0.717, 1.165) is 12.1 Å². The first-order valence-corrected chi connectivity index (χ1v) is 4.27. The Hall–Kier alpha value is -1.16. The molecular formula is C10H12ClF2NO. The summed E-state index contributed by atoms with van der Waals surface area (Å²) in [5.74, 6) is -1.72. The summed E-state index contributed by atoms with van der Waals surface area (Å²) in [6.45, 7) is 2.17.